The molecule has 0 aliphatic rings. The summed E-state index contributed by atoms with van der Waals surface area (Å²) >= 11 is 9.21. The molecule has 1 rings (SSSR count). The van der Waals surface area contributed by atoms with E-state index in [9.17, 15) is 8.42 Å². The molecule has 0 bridgehead atoms. The van der Waals surface area contributed by atoms with Crippen LogP contribution >= 0.6 is 27.5 Å². The number of nitrogens with one attached hydrogen (secondary N) is 1. The first-order valence-electron chi connectivity index (χ1n) is 4.75. The Kier molecular flexibility index (Phi) is 5.08. The molecule has 0 aliphatic carbocycles. The van der Waals surface area contributed by atoms with Crippen molar-refractivity contribution in [3.63, 3.8) is 0 Å². The second kappa shape index (κ2) is 5.89. The molecule has 3 nitrogen and oxygen atoms in total. The second-order valence-corrected chi connectivity index (χ2v) is 7.06. The van der Waals surface area contributed by atoms with Crippen LogP contribution in [0, 0.1) is 0 Å². The van der Waals surface area contributed by atoms with Gasteiger partial charge in [0.2, 0.25) is 0 Å². The molecule has 0 unspecified atom stereocenters. The maximum Gasteiger partial charge on any atom is 0.147 e. The van der Waals surface area contributed by atoms with E-state index in [1.165, 1.54) is 6.26 Å². The number of hydrogen-bond acceptors (Lipinski definition) is 3. The largest absolute Gasteiger partial charge is 0.385 e. The lowest BCUT2D eigenvalue weighted by Crippen LogP contribution is -2.09. The van der Waals surface area contributed by atoms with Crippen LogP contribution in [0.1, 0.15) is 6.42 Å². The number of anilines is 1. The first-order chi connectivity index (χ1) is 7.38. The molecule has 0 spiro atoms. The Morgan fingerprint density at radius 3 is 2.69 bits per heavy atom. The third kappa shape index (κ3) is 5.18. The average Bonchev–Trinajstić information content (AvgIpc) is 2.17. The van der Waals surface area contributed by atoms with E-state index in [4.69, 9.17) is 11.6 Å². The number of rotatable bonds is 5. The maximum absolute atomic E-state index is 10.9. The first kappa shape index (κ1) is 13.8. The number of sulfone groups is 1. The predicted octanol–water partition coefficient (Wildman–Crippen LogP) is 2.95. The zero-order chi connectivity index (χ0) is 12.2. The molecule has 0 aromatic heterocycles. The highest BCUT2D eigenvalue weighted by atomic mass is 79.9. The Morgan fingerprint density at radius 1 is 1.44 bits per heavy atom. The fraction of sp³-hybridized carbons (Fsp3) is 0.400. The molecule has 0 saturated heterocycles. The van der Waals surface area contributed by atoms with Gasteiger partial charge in [0.1, 0.15) is 9.84 Å². The van der Waals surface area contributed by atoms with Crippen LogP contribution < -0.4 is 5.32 Å². The standard InChI is InChI=1S/C10H13BrClNO2S/c1-16(14,15)6-2-5-13-8-3-4-9(11)10(12)7-8/h3-4,7,13H,2,5-6H2,1H3. The number of benzene rings is 1. The lowest BCUT2D eigenvalue weighted by molar-refractivity contribution is 0.600. The highest BCUT2D eigenvalue weighted by Gasteiger charge is 2.02. The highest BCUT2D eigenvalue weighted by molar-refractivity contribution is 9.10. The van der Waals surface area contributed by atoms with Crippen LogP contribution in [0.5, 0.6) is 0 Å². The van der Waals surface area contributed by atoms with Crippen molar-refractivity contribution in [1.82, 2.24) is 0 Å². The number of hydrogen-bond donors (Lipinski definition) is 1. The van der Waals surface area contributed by atoms with Gasteiger partial charge in [-0.2, -0.15) is 0 Å². The second-order valence-electron chi connectivity index (χ2n) is 3.54. The normalized spacial score (nSPS) is 11.4. The monoisotopic (exact) mass is 325 g/mol. The quantitative estimate of drug-likeness (QED) is 0.846. The molecule has 0 radical (unpaired) electrons. The van der Waals surface area contributed by atoms with Crippen LogP contribution in [-0.2, 0) is 9.84 Å². The molecule has 16 heavy (non-hydrogen) atoms. The molecule has 1 aromatic rings. The predicted molar refractivity (Wildman–Crippen MR) is 72.0 cm³/mol. The Bertz CT molecular complexity index is 462. The van der Waals surface area contributed by atoms with E-state index in [0.29, 0.717) is 18.0 Å². The fourth-order valence-corrected chi connectivity index (χ4v) is 2.27. The minimum atomic E-state index is -2.87. The minimum absolute atomic E-state index is 0.199. The van der Waals surface area contributed by atoms with Gasteiger partial charge in [0.25, 0.3) is 0 Å². The Morgan fingerprint density at radius 2 is 2.12 bits per heavy atom. The molecular weight excluding hydrogens is 314 g/mol. The van der Waals surface area contributed by atoms with Crippen LogP contribution in [0.3, 0.4) is 0 Å². The van der Waals surface area contributed by atoms with Crippen LogP contribution in [0.4, 0.5) is 5.69 Å². The summed E-state index contributed by atoms with van der Waals surface area (Å²) in [6.07, 6.45) is 1.83. The fourth-order valence-electron chi connectivity index (χ4n) is 1.17. The minimum Gasteiger partial charge on any atom is -0.385 e. The van der Waals surface area contributed by atoms with Gasteiger partial charge in [-0.1, -0.05) is 11.6 Å². The van der Waals surface area contributed by atoms with Crippen LogP contribution in [0.15, 0.2) is 22.7 Å². The molecular formula is C10H13BrClNO2S. The topological polar surface area (TPSA) is 46.2 Å². The molecule has 1 aromatic carbocycles. The Hall–Kier alpha value is -0.260. The summed E-state index contributed by atoms with van der Waals surface area (Å²) in [6, 6.07) is 5.53. The van der Waals surface area contributed by atoms with Crippen molar-refractivity contribution in [1.29, 1.82) is 0 Å². The van der Waals surface area contributed by atoms with Gasteiger partial charge in [-0.15, -0.1) is 0 Å². The molecule has 0 atom stereocenters. The first-order valence-corrected chi connectivity index (χ1v) is 7.98. The van der Waals surface area contributed by atoms with Gasteiger partial charge in [-0.05, 0) is 40.5 Å². The summed E-state index contributed by atoms with van der Waals surface area (Å²) in [6.45, 7) is 0.616. The summed E-state index contributed by atoms with van der Waals surface area (Å²) in [5, 5.41) is 3.75. The van der Waals surface area contributed by atoms with Crippen LogP contribution in [0.25, 0.3) is 0 Å². The molecule has 0 aliphatic heterocycles. The molecule has 0 heterocycles. The van der Waals surface area contributed by atoms with E-state index < -0.39 is 9.84 Å². The SMILES string of the molecule is CS(=O)(=O)CCCNc1ccc(Br)c(Cl)c1. The molecule has 0 amide bonds. The van der Waals surface area contributed by atoms with Crippen molar-refractivity contribution in [3.05, 3.63) is 27.7 Å². The van der Waals surface area contributed by atoms with E-state index in [-0.39, 0.29) is 5.75 Å². The molecule has 0 fully saturated rings. The van der Waals surface area contributed by atoms with E-state index in [1.54, 1.807) is 6.07 Å². The molecule has 0 saturated carbocycles. The Balaban J connectivity index is 2.41. The summed E-state index contributed by atoms with van der Waals surface area (Å²) in [4.78, 5) is 0. The smallest absolute Gasteiger partial charge is 0.147 e. The van der Waals surface area contributed by atoms with Crippen molar-refractivity contribution in [2.45, 2.75) is 6.42 Å². The lowest BCUT2D eigenvalue weighted by atomic mass is 10.3. The molecule has 1 N–H and O–H groups in total. The number of halogens is 2. The summed E-state index contributed by atoms with van der Waals surface area (Å²) in [5.74, 6) is 0.199. The third-order valence-electron chi connectivity index (χ3n) is 1.94. The van der Waals surface area contributed by atoms with Crippen molar-refractivity contribution in [2.75, 3.05) is 23.9 Å². The maximum atomic E-state index is 10.9. The lowest BCUT2D eigenvalue weighted by Gasteiger charge is -2.06. The van der Waals surface area contributed by atoms with Gasteiger partial charge in [-0.3, -0.25) is 0 Å². The zero-order valence-electron chi connectivity index (χ0n) is 8.83. The van der Waals surface area contributed by atoms with Gasteiger partial charge in [0.05, 0.1) is 10.8 Å². The van der Waals surface area contributed by atoms with Crippen molar-refractivity contribution >= 4 is 43.1 Å². The van der Waals surface area contributed by atoms with Gasteiger partial charge < -0.3 is 5.32 Å². The molecule has 90 valence electrons. The molecule has 6 heteroatoms. The van der Waals surface area contributed by atoms with Crippen LogP contribution in [-0.4, -0.2) is 27.0 Å². The third-order valence-corrected chi connectivity index (χ3v) is 4.20. The Labute approximate surface area is 109 Å². The van der Waals surface area contributed by atoms with Gasteiger partial charge >= 0.3 is 0 Å². The highest BCUT2D eigenvalue weighted by Crippen LogP contribution is 2.25. The van der Waals surface area contributed by atoms with Crippen LogP contribution in [0.2, 0.25) is 5.02 Å². The van der Waals surface area contributed by atoms with Gasteiger partial charge in [0, 0.05) is 23.0 Å². The summed E-state index contributed by atoms with van der Waals surface area (Å²) in [7, 11) is -2.87. The van der Waals surface area contributed by atoms with E-state index in [1.807, 2.05) is 12.1 Å². The zero-order valence-corrected chi connectivity index (χ0v) is 12.0. The summed E-state index contributed by atoms with van der Waals surface area (Å²) < 4.78 is 22.6. The van der Waals surface area contributed by atoms with E-state index >= 15 is 0 Å². The van der Waals surface area contributed by atoms with Crippen molar-refractivity contribution in [3.8, 4) is 0 Å². The van der Waals surface area contributed by atoms with Crippen molar-refractivity contribution in [2.24, 2.45) is 0 Å². The average molecular weight is 327 g/mol. The summed E-state index contributed by atoms with van der Waals surface area (Å²) in [5.41, 5.74) is 0.890. The van der Waals surface area contributed by atoms with Crippen molar-refractivity contribution < 1.29 is 8.42 Å². The van der Waals surface area contributed by atoms with Gasteiger partial charge in [-0.25, -0.2) is 8.42 Å². The van der Waals surface area contributed by atoms with E-state index in [2.05, 4.69) is 21.2 Å². The van der Waals surface area contributed by atoms with E-state index in [0.717, 1.165) is 10.2 Å². The van der Waals surface area contributed by atoms with Gasteiger partial charge in [0.15, 0.2) is 0 Å².